The summed E-state index contributed by atoms with van der Waals surface area (Å²) in [6.07, 6.45) is 4.03. The molecule has 0 aliphatic heterocycles. The fourth-order valence-electron chi connectivity index (χ4n) is 3.61. The Morgan fingerprint density at radius 1 is 1.19 bits per heavy atom. The van der Waals surface area contributed by atoms with Crippen molar-refractivity contribution < 1.29 is 9.21 Å². The lowest BCUT2D eigenvalue weighted by Gasteiger charge is -2.19. The molecule has 1 saturated carbocycles. The van der Waals surface area contributed by atoms with Gasteiger partial charge in [-0.2, -0.15) is 0 Å². The number of hydrogen-bond donors (Lipinski definition) is 1. The fraction of sp³-hybridized carbons (Fsp3) is 0.318. The Labute approximate surface area is 153 Å². The van der Waals surface area contributed by atoms with Crippen molar-refractivity contribution in [2.45, 2.75) is 39.3 Å². The summed E-state index contributed by atoms with van der Waals surface area (Å²) in [6.45, 7) is 4.67. The first-order valence-electron chi connectivity index (χ1n) is 9.18. The van der Waals surface area contributed by atoms with Gasteiger partial charge in [0.05, 0.1) is 24.4 Å². The smallest absolute Gasteiger partial charge is 0.253 e. The van der Waals surface area contributed by atoms with Gasteiger partial charge in [0.1, 0.15) is 5.76 Å². The van der Waals surface area contributed by atoms with Crippen molar-refractivity contribution in [3.8, 4) is 0 Å². The molecule has 3 aromatic rings. The average molecular weight is 348 g/mol. The summed E-state index contributed by atoms with van der Waals surface area (Å²) in [5.74, 6) is 1.44. The molecule has 1 aliphatic rings. The normalized spacial score (nSPS) is 15.0. The van der Waals surface area contributed by atoms with E-state index in [9.17, 15) is 4.79 Å². The van der Waals surface area contributed by atoms with Crippen LogP contribution in [0, 0.1) is 19.8 Å². The third kappa shape index (κ3) is 3.32. The number of nitrogens with zero attached hydrogens (tertiary/aromatic N) is 1. The molecule has 134 valence electrons. The molecular weight excluding hydrogens is 324 g/mol. The standard InChI is InChI=1S/C22H24N2O2/c1-15-13-20(16(2)24(15)14-19-9-6-12-26-19)22(25)23-21(18-10-11-18)17-7-4-3-5-8-17/h3-9,12-13,18,21H,10-11,14H2,1-2H3,(H,23,25). The van der Waals surface area contributed by atoms with E-state index in [-0.39, 0.29) is 11.9 Å². The molecule has 26 heavy (non-hydrogen) atoms. The van der Waals surface area contributed by atoms with Crippen molar-refractivity contribution in [3.05, 3.63) is 83.1 Å². The van der Waals surface area contributed by atoms with Crippen molar-refractivity contribution >= 4 is 5.91 Å². The SMILES string of the molecule is Cc1cc(C(=O)NC(c2ccccc2)C2CC2)c(C)n1Cc1ccco1. The van der Waals surface area contributed by atoms with Crippen molar-refractivity contribution in [2.24, 2.45) is 5.92 Å². The maximum absolute atomic E-state index is 13.0. The van der Waals surface area contributed by atoms with Gasteiger partial charge in [-0.25, -0.2) is 0 Å². The summed E-state index contributed by atoms with van der Waals surface area (Å²) < 4.78 is 7.59. The van der Waals surface area contributed by atoms with Crippen molar-refractivity contribution in [1.82, 2.24) is 9.88 Å². The molecule has 2 aromatic heterocycles. The Balaban J connectivity index is 1.56. The van der Waals surface area contributed by atoms with Gasteiger partial charge in [-0.3, -0.25) is 4.79 Å². The topological polar surface area (TPSA) is 47.2 Å². The maximum atomic E-state index is 13.0. The van der Waals surface area contributed by atoms with Crippen molar-refractivity contribution in [2.75, 3.05) is 0 Å². The third-order valence-corrected chi connectivity index (χ3v) is 5.25. The summed E-state index contributed by atoms with van der Waals surface area (Å²) in [4.78, 5) is 13.0. The Morgan fingerprint density at radius 3 is 2.62 bits per heavy atom. The van der Waals surface area contributed by atoms with E-state index in [2.05, 4.69) is 22.0 Å². The van der Waals surface area contributed by atoms with Crippen molar-refractivity contribution in [3.63, 3.8) is 0 Å². The van der Waals surface area contributed by atoms with E-state index < -0.39 is 0 Å². The van der Waals surface area contributed by atoms with E-state index in [4.69, 9.17) is 4.42 Å². The molecule has 0 radical (unpaired) electrons. The van der Waals surface area contributed by atoms with Gasteiger partial charge in [-0.05, 0) is 56.4 Å². The molecule has 1 N–H and O–H groups in total. The lowest BCUT2D eigenvalue weighted by Crippen LogP contribution is -2.30. The van der Waals surface area contributed by atoms with Gasteiger partial charge in [0.15, 0.2) is 0 Å². The molecule has 1 aliphatic carbocycles. The van der Waals surface area contributed by atoms with Gasteiger partial charge in [-0.15, -0.1) is 0 Å². The highest BCUT2D eigenvalue weighted by atomic mass is 16.3. The summed E-state index contributed by atoms with van der Waals surface area (Å²) in [7, 11) is 0. The molecule has 0 saturated heterocycles. The lowest BCUT2D eigenvalue weighted by molar-refractivity contribution is 0.0931. The predicted molar refractivity (Wildman–Crippen MR) is 101 cm³/mol. The number of carbonyl (C=O) groups excluding carboxylic acids is 1. The second-order valence-electron chi connectivity index (χ2n) is 7.15. The van der Waals surface area contributed by atoms with E-state index in [0.717, 1.165) is 22.7 Å². The minimum absolute atomic E-state index is 0.00421. The van der Waals surface area contributed by atoms with Crippen LogP contribution in [-0.4, -0.2) is 10.5 Å². The van der Waals surface area contributed by atoms with E-state index in [1.54, 1.807) is 6.26 Å². The van der Waals surface area contributed by atoms with Gasteiger partial charge < -0.3 is 14.3 Å². The van der Waals surface area contributed by atoms with E-state index in [1.165, 1.54) is 18.4 Å². The number of aryl methyl sites for hydroxylation is 1. The summed E-state index contributed by atoms with van der Waals surface area (Å²) in [5.41, 5.74) is 3.97. The van der Waals surface area contributed by atoms with Crippen LogP contribution in [0.2, 0.25) is 0 Å². The monoisotopic (exact) mass is 348 g/mol. The molecule has 4 rings (SSSR count). The molecule has 1 unspecified atom stereocenters. The molecule has 1 atom stereocenters. The highest BCUT2D eigenvalue weighted by Gasteiger charge is 2.34. The van der Waals surface area contributed by atoms with Crippen LogP contribution in [0.1, 0.15) is 52.0 Å². The van der Waals surface area contributed by atoms with Crippen LogP contribution in [-0.2, 0) is 6.54 Å². The Kier molecular flexibility index (Phi) is 4.41. The average Bonchev–Trinajstić information content (AvgIpc) is 3.29. The summed E-state index contributed by atoms with van der Waals surface area (Å²) in [5, 5.41) is 3.28. The summed E-state index contributed by atoms with van der Waals surface area (Å²) >= 11 is 0. The molecular formula is C22H24N2O2. The van der Waals surface area contributed by atoms with Crippen LogP contribution in [0.3, 0.4) is 0 Å². The van der Waals surface area contributed by atoms with Crippen LogP contribution in [0.25, 0.3) is 0 Å². The van der Waals surface area contributed by atoms with Crippen LogP contribution in [0.5, 0.6) is 0 Å². The molecule has 1 fully saturated rings. The molecule has 0 bridgehead atoms. The van der Waals surface area contributed by atoms with Gasteiger partial charge in [0, 0.05) is 11.4 Å². The zero-order valence-electron chi connectivity index (χ0n) is 15.2. The van der Waals surface area contributed by atoms with Crippen LogP contribution in [0.15, 0.2) is 59.2 Å². The van der Waals surface area contributed by atoms with Crippen LogP contribution >= 0.6 is 0 Å². The number of aromatic nitrogens is 1. The minimum Gasteiger partial charge on any atom is -0.467 e. The zero-order chi connectivity index (χ0) is 18.1. The first-order valence-corrected chi connectivity index (χ1v) is 9.18. The number of hydrogen-bond acceptors (Lipinski definition) is 2. The van der Waals surface area contributed by atoms with Crippen LogP contribution < -0.4 is 5.32 Å². The zero-order valence-corrected chi connectivity index (χ0v) is 15.2. The van der Waals surface area contributed by atoms with Gasteiger partial charge in [0.25, 0.3) is 5.91 Å². The second kappa shape index (κ2) is 6.87. The largest absolute Gasteiger partial charge is 0.467 e. The fourth-order valence-corrected chi connectivity index (χ4v) is 3.61. The molecule has 4 heteroatoms. The third-order valence-electron chi connectivity index (χ3n) is 5.25. The molecule has 4 nitrogen and oxygen atoms in total. The number of nitrogens with one attached hydrogen (secondary N) is 1. The second-order valence-corrected chi connectivity index (χ2v) is 7.15. The maximum Gasteiger partial charge on any atom is 0.253 e. The Morgan fingerprint density at radius 2 is 1.96 bits per heavy atom. The number of amides is 1. The predicted octanol–water partition coefficient (Wildman–Crippen LogP) is 4.63. The number of furan rings is 1. The first kappa shape index (κ1) is 16.7. The Hall–Kier alpha value is -2.75. The van der Waals surface area contributed by atoms with Crippen molar-refractivity contribution in [1.29, 1.82) is 0 Å². The van der Waals surface area contributed by atoms with Gasteiger partial charge in [0.2, 0.25) is 0 Å². The number of rotatable bonds is 6. The Bertz CT molecular complexity index is 890. The summed E-state index contributed by atoms with van der Waals surface area (Å²) in [6, 6.07) is 16.2. The van der Waals surface area contributed by atoms with E-state index in [1.807, 2.05) is 50.2 Å². The highest BCUT2D eigenvalue weighted by molar-refractivity contribution is 5.96. The molecule has 1 amide bonds. The number of carbonyl (C=O) groups is 1. The molecule has 0 spiro atoms. The van der Waals surface area contributed by atoms with Crippen LogP contribution in [0.4, 0.5) is 0 Å². The van der Waals surface area contributed by atoms with E-state index >= 15 is 0 Å². The molecule has 2 heterocycles. The highest BCUT2D eigenvalue weighted by Crippen LogP contribution is 2.41. The first-order chi connectivity index (χ1) is 12.6. The van der Waals surface area contributed by atoms with Gasteiger partial charge in [-0.1, -0.05) is 30.3 Å². The molecule has 1 aromatic carbocycles. The van der Waals surface area contributed by atoms with Gasteiger partial charge >= 0.3 is 0 Å². The lowest BCUT2D eigenvalue weighted by atomic mass is 10.0. The minimum atomic E-state index is 0.00421. The van der Waals surface area contributed by atoms with E-state index in [0.29, 0.717) is 12.5 Å². The number of benzene rings is 1. The quantitative estimate of drug-likeness (QED) is 0.706.